The molecule has 1 aromatic rings. The van der Waals surface area contributed by atoms with Gasteiger partial charge in [-0.05, 0) is 31.5 Å². The highest BCUT2D eigenvalue weighted by atomic mass is 16.5. The number of nitrogens with zero attached hydrogens (tertiary/aromatic N) is 1. The highest BCUT2D eigenvalue weighted by molar-refractivity contribution is 5.93. The van der Waals surface area contributed by atoms with E-state index >= 15 is 0 Å². The zero-order chi connectivity index (χ0) is 14.7. The van der Waals surface area contributed by atoms with Gasteiger partial charge in [-0.2, -0.15) is 0 Å². The van der Waals surface area contributed by atoms with Crippen molar-refractivity contribution >= 4 is 23.3 Å². The Kier molecular flexibility index (Phi) is 4.12. The Labute approximate surface area is 117 Å². The molecule has 1 saturated heterocycles. The molecule has 0 aliphatic carbocycles. The Morgan fingerprint density at radius 3 is 2.85 bits per heavy atom. The number of carbonyl (C=O) groups is 2. The van der Waals surface area contributed by atoms with Gasteiger partial charge >= 0.3 is 5.97 Å². The number of anilines is 2. The quantitative estimate of drug-likeness (QED) is 0.635. The molecule has 3 N–H and O–H groups in total. The Morgan fingerprint density at radius 1 is 1.55 bits per heavy atom. The van der Waals surface area contributed by atoms with E-state index in [2.05, 4.69) is 5.32 Å². The fourth-order valence-electron chi connectivity index (χ4n) is 2.18. The van der Waals surface area contributed by atoms with Gasteiger partial charge in [0.15, 0.2) is 0 Å². The molecule has 0 aromatic heterocycles. The van der Waals surface area contributed by atoms with E-state index in [0.29, 0.717) is 23.5 Å². The average molecular weight is 277 g/mol. The highest BCUT2D eigenvalue weighted by Crippen LogP contribution is 2.23. The molecular formula is C14H19N3O3. The summed E-state index contributed by atoms with van der Waals surface area (Å²) in [5, 5.41) is 3.12. The molecule has 1 unspecified atom stereocenters. The van der Waals surface area contributed by atoms with E-state index in [-0.39, 0.29) is 11.9 Å². The van der Waals surface area contributed by atoms with Gasteiger partial charge in [-0.1, -0.05) is 0 Å². The molecule has 0 spiro atoms. The van der Waals surface area contributed by atoms with E-state index in [1.54, 1.807) is 37.1 Å². The molecular weight excluding hydrogens is 258 g/mol. The first-order valence-corrected chi connectivity index (χ1v) is 6.61. The number of benzene rings is 1. The molecule has 1 amide bonds. The number of likely N-dealkylation sites (N-methyl/N-ethyl adjacent to an activating group) is 1. The van der Waals surface area contributed by atoms with Crippen LogP contribution in [0.4, 0.5) is 11.4 Å². The molecule has 2 rings (SSSR count). The fourth-order valence-corrected chi connectivity index (χ4v) is 2.18. The predicted octanol–water partition coefficient (Wildman–Crippen LogP) is 1.09. The summed E-state index contributed by atoms with van der Waals surface area (Å²) < 4.78 is 4.91. The third-order valence-electron chi connectivity index (χ3n) is 3.32. The molecule has 108 valence electrons. The number of carbonyl (C=O) groups excluding carboxylic acids is 2. The molecule has 6 heteroatoms. The first kappa shape index (κ1) is 14.2. The van der Waals surface area contributed by atoms with Crippen LogP contribution >= 0.6 is 0 Å². The third-order valence-corrected chi connectivity index (χ3v) is 3.32. The van der Waals surface area contributed by atoms with Gasteiger partial charge in [-0.3, -0.25) is 4.79 Å². The SMILES string of the molecule is CCOC(=O)c1ccc(NC2CCN(C)C2=O)c(N)c1. The van der Waals surface area contributed by atoms with Crippen molar-refractivity contribution in [1.82, 2.24) is 4.90 Å². The van der Waals surface area contributed by atoms with Crippen molar-refractivity contribution in [2.75, 3.05) is 31.2 Å². The Bertz CT molecular complexity index is 530. The van der Waals surface area contributed by atoms with Crippen LogP contribution in [-0.4, -0.2) is 43.0 Å². The monoisotopic (exact) mass is 277 g/mol. The van der Waals surface area contributed by atoms with Crippen LogP contribution < -0.4 is 11.1 Å². The second-order valence-corrected chi connectivity index (χ2v) is 4.77. The molecule has 1 heterocycles. The third kappa shape index (κ3) is 2.84. The number of likely N-dealkylation sites (tertiary alicyclic amines) is 1. The zero-order valence-electron chi connectivity index (χ0n) is 11.7. The molecule has 20 heavy (non-hydrogen) atoms. The molecule has 0 bridgehead atoms. The molecule has 0 saturated carbocycles. The molecule has 1 aromatic carbocycles. The van der Waals surface area contributed by atoms with Crippen LogP contribution in [-0.2, 0) is 9.53 Å². The molecule has 0 radical (unpaired) electrons. The van der Waals surface area contributed by atoms with E-state index in [0.717, 1.165) is 13.0 Å². The Hall–Kier alpha value is -2.24. The topological polar surface area (TPSA) is 84.7 Å². The van der Waals surface area contributed by atoms with E-state index < -0.39 is 5.97 Å². The van der Waals surface area contributed by atoms with Crippen LogP contribution in [0.25, 0.3) is 0 Å². The number of esters is 1. The average Bonchev–Trinajstić information content (AvgIpc) is 2.73. The minimum atomic E-state index is -0.401. The summed E-state index contributed by atoms with van der Waals surface area (Å²) in [5.74, 6) is -0.346. The van der Waals surface area contributed by atoms with Gasteiger partial charge in [0.25, 0.3) is 0 Å². The largest absolute Gasteiger partial charge is 0.462 e. The summed E-state index contributed by atoms with van der Waals surface area (Å²) in [6.45, 7) is 2.80. The number of nitrogens with one attached hydrogen (secondary N) is 1. The van der Waals surface area contributed by atoms with Crippen molar-refractivity contribution in [1.29, 1.82) is 0 Å². The zero-order valence-corrected chi connectivity index (χ0v) is 11.7. The smallest absolute Gasteiger partial charge is 0.338 e. The second-order valence-electron chi connectivity index (χ2n) is 4.77. The number of amides is 1. The van der Waals surface area contributed by atoms with Crippen molar-refractivity contribution in [3.05, 3.63) is 23.8 Å². The first-order chi connectivity index (χ1) is 9.52. The van der Waals surface area contributed by atoms with Gasteiger partial charge in [0, 0.05) is 13.6 Å². The minimum absolute atomic E-state index is 0.0545. The van der Waals surface area contributed by atoms with Crippen molar-refractivity contribution < 1.29 is 14.3 Å². The maximum absolute atomic E-state index is 11.8. The second kappa shape index (κ2) is 5.81. The van der Waals surface area contributed by atoms with Gasteiger partial charge in [-0.15, -0.1) is 0 Å². The van der Waals surface area contributed by atoms with Crippen LogP contribution in [0.15, 0.2) is 18.2 Å². The van der Waals surface area contributed by atoms with Gasteiger partial charge in [0.1, 0.15) is 6.04 Å². The summed E-state index contributed by atoms with van der Waals surface area (Å²) in [6, 6.07) is 4.65. The van der Waals surface area contributed by atoms with Crippen molar-refractivity contribution in [3.8, 4) is 0 Å². The standard InChI is InChI=1S/C14H19N3O3/c1-3-20-14(19)9-4-5-11(10(15)8-9)16-12-6-7-17(2)13(12)18/h4-5,8,12,16H,3,6-7,15H2,1-2H3. The van der Waals surface area contributed by atoms with Gasteiger partial charge in [-0.25, -0.2) is 4.79 Å². The van der Waals surface area contributed by atoms with E-state index in [9.17, 15) is 9.59 Å². The lowest BCUT2D eigenvalue weighted by Gasteiger charge is -2.15. The summed E-state index contributed by atoms with van der Waals surface area (Å²) in [4.78, 5) is 25.1. The molecule has 1 aliphatic rings. The number of nitrogen functional groups attached to an aromatic ring is 1. The van der Waals surface area contributed by atoms with E-state index in [1.165, 1.54) is 0 Å². The first-order valence-electron chi connectivity index (χ1n) is 6.61. The van der Waals surface area contributed by atoms with Crippen LogP contribution in [0.2, 0.25) is 0 Å². The maximum Gasteiger partial charge on any atom is 0.338 e. The summed E-state index contributed by atoms with van der Waals surface area (Å²) in [5.41, 5.74) is 7.41. The number of hydrogen-bond acceptors (Lipinski definition) is 5. The van der Waals surface area contributed by atoms with Crippen molar-refractivity contribution in [3.63, 3.8) is 0 Å². The van der Waals surface area contributed by atoms with Crippen molar-refractivity contribution in [2.45, 2.75) is 19.4 Å². The lowest BCUT2D eigenvalue weighted by molar-refractivity contribution is -0.127. The Morgan fingerprint density at radius 2 is 2.30 bits per heavy atom. The maximum atomic E-state index is 11.8. The fraction of sp³-hybridized carbons (Fsp3) is 0.429. The lowest BCUT2D eigenvalue weighted by Crippen LogP contribution is -2.31. The lowest BCUT2D eigenvalue weighted by atomic mass is 10.1. The number of nitrogens with two attached hydrogens (primary N) is 1. The molecule has 1 atom stereocenters. The molecule has 6 nitrogen and oxygen atoms in total. The Balaban J connectivity index is 2.10. The van der Waals surface area contributed by atoms with Crippen LogP contribution in [0.5, 0.6) is 0 Å². The number of rotatable bonds is 4. The minimum Gasteiger partial charge on any atom is -0.462 e. The molecule has 1 aliphatic heterocycles. The summed E-state index contributed by atoms with van der Waals surface area (Å²) in [6.07, 6.45) is 0.744. The highest BCUT2D eigenvalue weighted by Gasteiger charge is 2.29. The summed E-state index contributed by atoms with van der Waals surface area (Å²) in [7, 11) is 1.78. The number of ether oxygens (including phenoxy) is 1. The van der Waals surface area contributed by atoms with Crippen LogP contribution in [0.3, 0.4) is 0 Å². The summed E-state index contributed by atoms with van der Waals surface area (Å²) >= 11 is 0. The van der Waals surface area contributed by atoms with Crippen molar-refractivity contribution in [2.24, 2.45) is 0 Å². The van der Waals surface area contributed by atoms with Crippen LogP contribution in [0.1, 0.15) is 23.7 Å². The van der Waals surface area contributed by atoms with E-state index in [1.807, 2.05) is 0 Å². The van der Waals surface area contributed by atoms with Crippen LogP contribution in [0, 0.1) is 0 Å². The van der Waals surface area contributed by atoms with Gasteiger partial charge < -0.3 is 20.7 Å². The molecule has 1 fully saturated rings. The van der Waals surface area contributed by atoms with Gasteiger partial charge in [0.05, 0.1) is 23.5 Å². The predicted molar refractivity (Wildman–Crippen MR) is 76.5 cm³/mol. The van der Waals surface area contributed by atoms with E-state index in [4.69, 9.17) is 10.5 Å². The number of hydrogen-bond donors (Lipinski definition) is 2. The van der Waals surface area contributed by atoms with Gasteiger partial charge in [0.2, 0.25) is 5.91 Å². The normalized spacial score (nSPS) is 18.2.